The third-order valence-corrected chi connectivity index (χ3v) is 18.2. The number of hydrogen-bond acceptors (Lipinski definition) is 4. The number of fused-ring (bicyclic) bond motifs is 2. The summed E-state index contributed by atoms with van der Waals surface area (Å²) in [5.74, 6) is -0.280. The SMILES string of the molecule is Brc1cc(Br)c([S+](c2c(Br)cc(Br)cc2Br)c2c(Br)cc(Br)cc2Br)c(Br)c1.CC1(C)C2CCC1(CS(=O)(=O)[O-])C(=O)C2. The van der Waals surface area contributed by atoms with Gasteiger partial charge >= 0.3 is 0 Å². The zero-order valence-electron chi connectivity index (χ0n) is 22.2. The van der Waals surface area contributed by atoms with E-state index in [-0.39, 0.29) is 17.1 Å². The molecule has 0 N–H and O–H groups in total. The minimum Gasteiger partial charge on any atom is -0.748 e. The van der Waals surface area contributed by atoms with E-state index in [4.69, 9.17) is 0 Å². The normalized spacial score (nSPS) is 20.9. The lowest BCUT2D eigenvalue weighted by atomic mass is 9.70. The third-order valence-electron chi connectivity index (χ3n) is 8.06. The quantitative estimate of drug-likeness (QED) is 0.188. The van der Waals surface area contributed by atoms with Crippen LogP contribution < -0.4 is 0 Å². The van der Waals surface area contributed by atoms with Crippen molar-refractivity contribution in [2.45, 2.75) is 47.8 Å². The van der Waals surface area contributed by atoms with Crippen LogP contribution in [0, 0.1) is 16.7 Å². The summed E-state index contributed by atoms with van der Waals surface area (Å²) >= 11 is 33.5. The van der Waals surface area contributed by atoms with Crippen LogP contribution in [0.1, 0.15) is 33.1 Å². The molecule has 3 aromatic carbocycles. The molecule has 2 bridgehead atoms. The average molecular weight is 1200 g/mol. The standard InChI is InChI=1S/C18H6Br9S.C10H16O4S/c19-7-1-10(22)16(11(23)2-7)28(17-12(24)3-8(20)4-13(17)25)18-14(26)5-9(21)6-15(18)27;1-9(2)7-3-4-10(9,8(11)5-7)6-15(12,13)14/h1-6H;7H,3-6H2,1-2H3,(H,12,13,14)/q+1;/p-1. The summed E-state index contributed by atoms with van der Waals surface area (Å²) in [4.78, 5) is 15.3. The minimum atomic E-state index is -4.33. The van der Waals surface area contributed by atoms with Crippen molar-refractivity contribution in [1.82, 2.24) is 0 Å². The number of ketones is 1. The molecular formula is C28H21Br9O4S2. The fourth-order valence-electron chi connectivity index (χ4n) is 5.89. The van der Waals surface area contributed by atoms with E-state index in [2.05, 4.69) is 180 Å². The summed E-state index contributed by atoms with van der Waals surface area (Å²) in [5, 5.41) is 0. The van der Waals surface area contributed by atoms with Gasteiger partial charge in [0.2, 0.25) is 0 Å². The zero-order valence-corrected chi connectivity index (χ0v) is 38.1. The van der Waals surface area contributed by atoms with Crippen LogP contribution in [0.15, 0.2) is 91.3 Å². The highest BCUT2D eigenvalue weighted by Crippen LogP contribution is 2.64. The lowest BCUT2D eigenvalue weighted by Gasteiger charge is -2.37. The molecule has 0 spiro atoms. The lowest BCUT2D eigenvalue weighted by molar-refractivity contribution is -0.128. The van der Waals surface area contributed by atoms with Crippen molar-refractivity contribution in [2.24, 2.45) is 16.7 Å². The Balaban J connectivity index is 0.000000237. The molecule has 5 rings (SSSR count). The number of carbonyl (C=O) groups is 1. The molecule has 0 radical (unpaired) electrons. The molecule has 43 heavy (non-hydrogen) atoms. The van der Waals surface area contributed by atoms with Crippen LogP contribution >= 0.6 is 143 Å². The Kier molecular flexibility index (Phi) is 12.6. The van der Waals surface area contributed by atoms with E-state index in [0.717, 1.165) is 61.4 Å². The third kappa shape index (κ3) is 7.88. The van der Waals surface area contributed by atoms with Gasteiger partial charge in [0.1, 0.15) is 16.7 Å². The zero-order chi connectivity index (χ0) is 32.2. The molecule has 0 aromatic heterocycles. The predicted molar refractivity (Wildman–Crippen MR) is 204 cm³/mol. The van der Waals surface area contributed by atoms with Crippen LogP contribution in [0.2, 0.25) is 0 Å². The van der Waals surface area contributed by atoms with Gasteiger partial charge in [-0.25, -0.2) is 8.42 Å². The first-order valence-corrected chi connectivity index (χ1v) is 22.4. The maximum absolute atomic E-state index is 11.8. The van der Waals surface area contributed by atoms with Gasteiger partial charge in [0.05, 0.1) is 42.7 Å². The molecule has 2 aliphatic rings. The van der Waals surface area contributed by atoms with Crippen molar-refractivity contribution in [3.8, 4) is 0 Å². The first kappa shape index (κ1) is 37.7. The molecule has 232 valence electrons. The van der Waals surface area contributed by atoms with E-state index >= 15 is 0 Å². The Bertz CT molecular complexity index is 1520. The Hall–Kier alpha value is 1.91. The molecule has 2 aliphatic carbocycles. The molecule has 0 amide bonds. The van der Waals surface area contributed by atoms with Crippen LogP contribution in [0.3, 0.4) is 0 Å². The van der Waals surface area contributed by atoms with Gasteiger partial charge in [0.15, 0.2) is 14.7 Å². The maximum atomic E-state index is 11.8. The molecule has 15 heteroatoms. The van der Waals surface area contributed by atoms with E-state index in [0.29, 0.717) is 12.8 Å². The summed E-state index contributed by atoms with van der Waals surface area (Å²) in [5.41, 5.74) is -1.22. The molecular weight excluding hydrogens is 1180 g/mol. The van der Waals surface area contributed by atoms with Gasteiger partial charge in [-0.1, -0.05) is 61.6 Å². The van der Waals surface area contributed by atoms with Crippen LogP contribution in [0.25, 0.3) is 0 Å². The van der Waals surface area contributed by atoms with Crippen LogP contribution in [-0.4, -0.2) is 24.5 Å². The fraction of sp³-hybridized carbons (Fsp3) is 0.321. The fourth-order valence-corrected chi connectivity index (χ4v) is 19.0. The molecule has 0 heterocycles. The lowest BCUT2D eigenvalue weighted by Crippen LogP contribution is -2.42. The second kappa shape index (κ2) is 14.4. The van der Waals surface area contributed by atoms with Gasteiger partial charge in [-0.3, -0.25) is 4.79 Å². The Morgan fingerprint density at radius 1 is 0.721 bits per heavy atom. The summed E-state index contributed by atoms with van der Waals surface area (Å²) in [6.07, 6.45) is 1.88. The monoisotopic (exact) mass is 1200 g/mol. The Labute approximate surface area is 330 Å². The summed E-state index contributed by atoms with van der Waals surface area (Å²) < 4.78 is 41.8. The Morgan fingerprint density at radius 2 is 1.05 bits per heavy atom. The van der Waals surface area contributed by atoms with E-state index < -0.39 is 32.2 Å². The second-order valence-electron chi connectivity index (χ2n) is 10.8. The highest BCUT2D eigenvalue weighted by atomic mass is 79.9. The first-order valence-electron chi connectivity index (χ1n) is 12.4. The number of hydrogen-bond donors (Lipinski definition) is 0. The van der Waals surface area contributed by atoms with Crippen LogP contribution in [0.4, 0.5) is 0 Å². The van der Waals surface area contributed by atoms with Crippen molar-refractivity contribution >= 4 is 170 Å². The average Bonchev–Trinajstić information content (AvgIpc) is 3.15. The Morgan fingerprint density at radius 3 is 1.28 bits per heavy atom. The summed E-state index contributed by atoms with van der Waals surface area (Å²) in [6.45, 7) is 3.83. The van der Waals surface area contributed by atoms with Gasteiger partial charge in [-0.15, -0.1) is 0 Å². The van der Waals surface area contributed by atoms with Crippen LogP contribution in [-0.2, 0) is 25.8 Å². The highest BCUT2D eigenvalue weighted by molar-refractivity contribution is 9.12. The number of benzene rings is 3. The van der Waals surface area contributed by atoms with Crippen molar-refractivity contribution in [2.75, 3.05) is 5.75 Å². The van der Waals surface area contributed by atoms with Gasteiger partial charge in [0, 0.05) is 25.3 Å². The van der Waals surface area contributed by atoms with Crippen molar-refractivity contribution in [3.05, 3.63) is 76.7 Å². The van der Waals surface area contributed by atoms with E-state index in [1.54, 1.807) is 0 Å². The number of rotatable bonds is 5. The first-order chi connectivity index (χ1) is 19.8. The van der Waals surface area contributed by atoms with Gasteiger partial charge in [-0.05, 0) is 156 Å². The topological polar surface area (TPSA) is 74.3 Å². The predicted octanol–water partition coefficient (Wildman–Crippen LogP) is 12.6. The molecule has 0 aliphatic heterocycles. The molecule has 2 unspecified atom stereocenters. The minimum absolute atomic E-state index is 0.0248. The van der Waals surface area contributed by atoms with Gasteiger partial charge < -0.3 is 4.55 Å². The van der Waals surface area contributed by atoms with Crippen molar-refractivity contribution < 1.29 is 17.8 Å². The largest absolute Gasteiger partial charge is 0.748 e. The molecule has 2 atom stereocenters. The van der Waals surface area contributed by atoms with Gasteiger partial charge in [-0.2, -0.15) is 0 Å². The van der Waals surface area contributed by atoms with E-state index in [1.165, 1.54) is 0 Å². The van der Waals surface area contributed by atoms with Crippen molar-refractivity contribution in [1.29, 1.82) is 0 Å². The maximum Gasteiger partial charge on any atom is 0.195 e. The molecule has 0 saturated heterocycles. The summed E-state index contributed by atoms with van der Waals surface area (Å²) in [7, 11) is -4.78. The number of halogens is 9. The van der Waals surface area contributed by atoms with E-state index in [9.17, 15) is 17.8 Å². The second-order valence-corrected chi connectivity index (χ2v) is 21.9. The number of Topliss-reactive ketones (excluding diaryl/α,β-unsaturated/α-hetero) is 1. The highest BCUT2D eigenvalue weighted by Gasteiger charge is 2.64. The summed E-state index contributed by atoms with van der Waals surface area (Å²) in [6, 6.07) is 12.4. The molecule has 2 saturated carbocycles. The number of carbonyl (C=O) groups excluding carboxylic acids is 1. The van der Waals surface area contributed by atoms with E-state index in [1.807, 2.05) is 13.8 Å². The smallest absolute Gasteiger partial charge is 0.195 e. The van der Waals surface area contributed by atoms with Crippen LogP contribution in [0.5, 0.6) is 0 Å². The molecule has 2 fully saturated rings. The molecule has 4 nitrogen and oxygen atoms in total. The molecule has 3 aromatic rings. The van der Waals surface area contributed by atoms with Crippen molar-refractivity contribution in [3.63, 3.8) is 0 Å². The van der Waals surface area contributed by atoms with Gasteiger partial charge in [0.25, 0.3) is 0 Å².